The number of hydrogen-bond donors (Lipinski definition) is 2. The third kappa shape index (κ3) is 1.60. The van der Waals surface area contributed by atoms with Gasteiger partial charge in [0.15, 0.2) is 5.75 Å². The number of nitrogens with zero attached hydrogens (tertiary/aromatic N) is 2. The number of rotatable bonds is 2. The van der Waals surface area contributed by atoms with Gasteiger partial charge in [-0.25, -0.2) is 0 Å². The largest absolute Gasteiger partial charge is 0.489 e. The van der Waals surface area contributed by atoms with Gasteiger partial charge in [-0.2, -0.15) is 0 Å². The van der Waals surface area contributed by atoms with Crippen LogP contribution in [0.25, 0.3) is 0 Å². The Morgan fingerprint density at radius 1 is 1.35 bits per heavy atom. The fraction of sp³-hybridized carbons (Fsp3) is 0.619. The SMILES string of the molecule is CC[C@@]12C=CCN3CC[C@]4(c5c#cc(OC)cc5N(C)[C@@H]4[C@@H](O)[C@H]1O)C32. The maximum atomic E-state index is 11.3. The maximum absolute atomic E-state index is 11.3. The molecule has 2 fully saturated rings. The Hall–Kier alpha value is -1.74. The average molecular weight is 354 g/mol. The van der Waals surface area contributed by atoms with Crippen LogP contribution in [0.2, 0.25) is 0 Å². The summed E-state index contributed by atoms with van der Waals surface area (Å²) in [6, 6.07) is 8.53. The number of likely N-dealkylation sites (N-methyl/N-ethyl adjacent to an activating group) is 1. The molecule has 0 amide bonds. The van der Waals surface area contributed by atoms with Crippen LogP contribution >= 0.6 is 0 Å². The van der Waals surface area contributed by atoms with Gasteiger partial charge in [-0.1, -0.05) is 25.1 Å². The van der Waals surface area contributed by atoms with E-state index in [-0.39, 0.29) is 17.5 Å². The van der Waals surface area contributed by atoms with Gasteiger partial charge in [0.25, 0.3) is 0 Å². The monoisotopic (exact) mass is 354 g/mol. The van der Waals surface area contributed by atoms with Crippen molar-refractivity contribution in [2.24, 2.45) is 5.41 Å². The molecule has 1 unspecified atom stereocenters. The number of aliphatic hydroxyl groups excluding tert-OH is 2. The summed E-state index contributed by atoms with van der Waals surface area (Å²) in [7, 11) is 3.65. The molecule has 2 N–H and O–H groups in total. The molecule has 3 heterocycles. The summed E-state index contributed by atoms with van der Waals surface area (Å²) < 4.78 is 5.37. The number of ether oxygens (including phenoxy) is 1. The molecular weight excluding hydrogens is 328 g/mol. The van der Waals surface area contributed by atoms with E-state index in [1.807, 2.05) is 13.1 Å². The molecule has 4 aliphatic rings. The summed E-state index contributed by atoms with van der Waals surface area (Å²) in [5, 5.41) is 22.5. The summed E-state index contributed by atoms with van der Waals surface area (Å²) in [6.45, 7) is 4.00. The van der Waals surface area contributed by atoms with Crippen molar-refractivity contribution >= 4 is 5.69 Å². The minimum absolute atomic E-state index is 0.162. The van der Waals surface area contributed by atoms with E-state index < -0.39 is 17.6 Å². The summed E-state index contributed by atoms with van der Waals surface area (Å²) in [4.78, 5) is 4.63. The van der Waals surface area contributed by atoms with E-state index in [0.717, 1.165) is 37.2 Å². The molecule has 5 heteroatoms. The normalized spacial score (nSPS) is 42.9. The molecule has 5 nitrogen and oxygen atoms in total. The molecule has 0 aromatic heterocycles. The standard InChI is InChI=1S/C21H26N2O3/c1-4-20-8-5-10-23-11-9-21(19(20)23)14-7-6-13(26-3)12-15(14)22(2)17(21)16(24)18(20)25/h5,8,12,16-19,24-25H,4,9-11H2,1-3H3/t16-,17-,18-,19?,20-,21-/m1/s1. The van der Waals surface area contributed by atoms with Gasteiger partial charge in [0.05, 0.1) is 24.9 Å². The zero-order valence-electron chi connectivity index (χ0n) is 15.6. The number of hydrogen-bond acceptors (Lipinski definition) is 5. The smallest absolute Gasteiger partial charge is 0.171 e. The highest BCUT2D eigenvalue weighted by atomic mass is 16.5. The summed E-state index contributed by atoms with van der Waals surface area (Å²) in [5.41, 5.74) is 1.49. The zero-order valence-corrected chi connectivity index (χ0v) is 15.6. The molecule has 3 aliphatic heterocycles. The van der Waals surface area contributed by atoms with Crippen LogP contribution < -0.4 is 9.64 Å². The Morgan fingerprint density at radius 2 is 2.15 bits per heavy atom. The van der Waals surface area contributed by atoms with E-state index in [9.17, 15) is 10.2 Å². The zero-order chi connectivity index (χ0) is 18.3. The van der Waals surface area contributed by atoms with Crippen molar-refractivity contribution in [3.8, 4) is 5.75 Å². The number of fused-ring (bicyclic) bond motifs is 1. The molecule has 1 spiro atoms. The van der Waals surface area contributed by atoms with Crippen LogP contribution in [0.1, 0.15) is 25.3 Å². The lowest BCUT2D eigenvalue weighted by atomic mass is 9.51. The van der Waals surface area contributed by atoms with Gasteiger partial charge in [-0.15, -0.1) is 0 Å². The topological polar surface area (TPSA) is 56.2 Å². The van der Waals surface area contributed by atoms with E-state index in [1.165, 1.54) is 0 Å². The van der Waals surface area contributed by atoms with Gasteiger partial charge in [0.2, 0.25) is 0 Å². The number of anilines is 1. The van der Waals surface area contributed by atoms with Crippen molar-refractivity contribution in [2.45, 2.75) is 49.5 Å². The minimum atomic E-state index is -0.814. The average Bonchev–Trinajstić information content (AvgIpc) is 3.17. The molecular formula is C21H26N2O3. The number of methoxy groups -OCH3 is 1. The summed E-state index contributed by atoms with van der Waals surface area (Å²) in [6.07, 6.45) is 4.51. The van der Waals surface area contributed by atoms with E-state index >= 15 is 0 Å². The fourth-order valence-corrected chi connectivity index (χ4v) is 6.62. The Kier molecular flexibility index (Phi) is 3.26. The van der Waals surface area contributed by atoms with Gasteiger partial charge >= 0.3 is 0 Å². The van der Waals surface area contributed by atoms with E-state index in [2.05, 4.69) is 41.0 Å². The Labute approximate surface area is 154 Å². The molecule has 1 aromatic carbocycles. The van der Waals surface area contributed by atoms with Crippen LogP contribution in [-0.4, -0.2) is 66.7 Å². The molecule has 1 aliphatic carbocycles. The van der Waals surface area contributed by atoms with E-state index in [1.54, 1.807) is 7.11 Å². The van der Waals surface area contributed by atoms with Crippen molar-refractivity contribution < 1.29 is 14.9 Å². The van der Waals surface area contributed by atoms with Crippen LogP contribution in [0, 0.1) is 17.5 Å². The predicted molar refractivity (Wildman–Crippen MR) is 98.4 cm³/mol. The first-order valence-corrected chi connectivity index (χ1v) is 9.54. The van der Waals surface area contributed by atoms with Crippen molar-refractivity contribution in [1.29, 1.82) is 0 Å². The third-order valence-corrected chi connectivity index (χ3v) is 7.60. The predicted octanol–water partition coefficient (Wildman–Crippen LogP) is 1.13. The first-order chi connectivity index (χ1) is 12.5. The molecule has 0 radical (unpaired) electrons. The molecule has 138 valence electrons. The summed E-state index contributed by atoms with van der Waals surface area (Å²) >= 11 is 0. The summed E-state index contributed by atoms with van der Waals surface area (Å²) in [5.74, 6) is 0.654. The van der Waals surface area contributed by atoms with Crippen LogP contribution in [0.5, 0.6) is 5.75 Å². The second-order valence-corrected chi connectivity index (χ2v) is 8.27. The first kappa shape index (κ1) is 16.4. The quantitative estimate of drug-likeness (QED) is 0.780. The van der Waals surface area contributed by atoms with Crippen LogP contribution in [-0.2, 0) is 5.41 Å². The second-order valence-electron chi connectivity index (χ2n) is 8.27. The fourth-order valence-electron chi connectivity index (χ4n) is 6.62. The Morgan fingerprint density at radius 3 is 2.88 bits per heavy atom. The van der Waals surface area contributed by atoms with Gasteiger partial charge in [0.1, 0.15) is 6.10 Å². The lowest BCUT2D eigenvalue weighted by Gasteiger charge is -2.60. The Bertz CT molecular complexity index is 781. The molecule has 26 heavy (non-hydrogen) atoms. The van der Waals surface area contributed by atoms with Gasteiger partial charge in [-0.05, 0) is 25.5 Å². The lowest BCUT2D eigenvalue weighted by Crippen LogP contribution is -2.73. The maximum Gasteiger partial charge on any atom is 0.171 e. The van der Waals surface area contributed by atoms with Gasteiger partial charge in [-0.3, -0.25) is 4.90 Å². The third-order valence-electron chi connectivity index (χ3n) is 7.60. The van der Waals surface area contributed by atoms with Crippen molar-refractivity contribution in [2.75, 3.05) is 32.1 Å². The van der Waals surface area contributed by atoms with Crippen LogP contribution in [0.4, 0.5) is 5.69 Å². The van der Waals surface area contributed by atoms with E-state index in [0.29, 0.717) is 5.75 Å². The highest BCUT2D eigenvalue weighted by Gasteiger charge is 2.72. The molecule has 0 bridgehead atoms. The van der Waals surface area contributed by atoms with Crippen molar-refractivity contribution in [1.82, 2.24) is 4.90 Å². The molecule has 5 rings (SSSR count). The molecule has 1 aromatic rings. The highest BCUT2D eigenvalue weighted by Crippen LogP contribution is 2.63. The molecule has 1 saturated heterocycles. The van der Waals surface area contributed by atoms with Gasteiger partial charge in [0, 0.05) is 42.1 Å². The van der Waals surface area contributed by atoms with Crippen LogP contribution in [0.15, 0.2) is 18.2 Å². The van der Waals surface area contributed by atoms with E-state index in [4.69, 9.17) is 4.74 Å². The highest BCUT2D eigenvalue weighted by molar-refractivity contribution is 5.67. The molecule has 1 saturated carbocycles. The second kappa shape index (κ2) is 5.16. The minimum Gasteiger partial charge on any atom is -0.489 e. The Balaban J connectivity index is 1.78. The van der Waals surface area contributed by atoms with Crippen molar-refractivity contribution in [3.63, 3.8) is 0 Å². The lowest BCUT2D eigenvalue weighted by molar-refractivity contribution is -0.139. The van der Waals surface area contributed by atoms with Gasteiger partial charge < -0.3 is 19.8 Å². The van der Waals surface area contributed by atoms with Crippen molar-refractivity contribution in [3.05, 3.63) is 35.9 Å². The molecule has 6 atom stereocenters. The first-order valence-electron chi connectivity index (χ1n) is 9.54. The number of aliphatic hydroxyl groups is 2. The van der Waals surface area contributed by atoms with Crippen LogP contribution in [0.3, 0.4) is 0 Å².